The third-order valence-corrected chi connectivity index (χ3v) is 3.01. The number of ether oxygens (including phenoxy) is 1. The topological polar surface area (TPSA) is 63.9 Å². The van der Waals surface area contributed by atoms with Crippen LogP contribution in [0.2, 0.25) is 0 Å². The van der Waals surface area contributed by atoms with Crippen LogP contribution in [-0.4, -0.2) is 24.4 Å². The van der Waals surface area contributed by atoms with Gasteiger partial charge in [0.2, 0.25) is 6.29 Å². The monoisotopic (exact) mass is 346 g/mol. The molecule has 1 aromatic carbocycles. The van der Waals surface area contributed by atoms with Crippen LogP contribution in [0.5, 0.6) is 5.75 Å². The molecule has 1 heterocycles. The SMILES string of the molecule is COc1ccc(C(F)(F)F)cc1N=C=Nc1ccncc1/C=C/[C]=O. The maximum absolute atomic E-state index is 12.8. The number of aliphatic imine (C=N–C) groups is 2. The van der Waals surface area contributed by atoms with Gasteiger partial charge in [-0.1, -0.05) is 0 Å². The van der Waals surface area contributed by atoms with Crippen LogP contribution in [0.4, 0.5) is 24.5 Å². The molecule has 2 rings (SSSR count). The van der Waals surface area contributed by atoms with E-state index in [9.17, 15) is 18.0 Å². The zero-order valence-corrected chi connectivity index (χ0v) is 12.9. The second-order valence-corrected chi connectivity index (χ2v) is 4.59. The summed E-state index contributed by atoms with van der Waals surface area (Å²) in [5, 5.41) is 0. The molecule has 0 N–H and O–H groups in total. The summed E-state index contributed by atoms with van der Waals surface area (Å²) in [4.78, 5) is 21.9. The number of nitrogens with zero attached hydrogens (tertiary/aromatic N) is 3. The fourth-order valence-corrected chi connectivity index (χ4v) is 1.84. The van der Waals surface area contributed by atoms with Crippen molar-refractivity contribution in [2.24, 2.45) is 9.98 Å². The highest BCUT2D eigenvalue weighted by molar-refractivity contribution is 5.78. The predicted octanol–water partition coefficient (Wildman–Crippen LogP) is 4.37. The largest absolute Gasteiger partial charge is 0.494 e. The van der Waals surface area contributed by atoms with E-state index in [2.05, 4.69) is 21.0 Å². The van der Waals surface area contributed by atoms with Crippen molar-refractivity contribution in [3.8, 4) is 5.75 Å². The molecular formula is C17H11F3N3O2. The average molecular weight is 346 g/mol. The summed E-state index contributed by atoms with van der Waals surface area (Å²) < 4.78 is 43.4. The van der Waals surface area contributed by atoms with Crippen LogP contribution >= 0.6 is 0 Å². The van der Waals surface area contributed by atoms with Gasteiger partial charge in [0.1, 0.15) is 17.4 Å². The van der Waals surface area contributed by atoms with E-state index in [0.29, 0.717) is 11.3 Å². The molecule has 0 bridgehead atoms. The first kappa shape index (κ1) is 18.1. The first-order valence-electron chi connectivity index (χ1n) is 6.85. The third-order valence-electron chi connectivity index (χ3n) is 3.01. The maximum Gasteiger partial charge on any atom is 0.416 e. The van der Waals surface area contributed by atoms with Gasteiger partial charge >= 0.3 is 6.18 Å². The van der Waals surface area contributed by atoms with Gasteiger partial charge in [-0.05, 0) is 36.4 Å². The highest BCUT2D eigenvalue weighted by atomic mass is 19.4. The van der Waals surface area contributed by atoms with Crippen LogP contribution in [-0.2, 0) is 11.0 Å². The molecule has 0 fully saturated rings. The minimum atomic E-state index is -4.50. The Morgan fingerprint density at radius 1 is 1.20 bits per heavy atom. The Bertz CT molecular complexity index is 854. The van der Waals surface area contributed by atoms with E-state index in [1.165, 1.54) is 37.7 Å². The molecule has 1 radical (unpaired) electrons. The molecular weight excluding hydrogens is 335 g/mol. The van der Waals surface area contributed by atoms with Crippen LogP contribution in [0, 0.1) is 0 Å². The molecule has 25 heavy (non-hydrogen) atoms. The average Bonchev–Trinajstić information content (AvgIpc) is 2.60. The van der Waals surface area contributed by atoms with Crippen LogP contribution in [0.1, 0.15) is 11.1 Å². The zero-order valence-electron chi connectivity index (χ0n) is 12.9. The van der Waals surface area contributed by atoms with Crippen molar-refractivity contribution in [1.82, 2.24) is 4.98 Å². The molecule has 1 aromatic heterocycles. The molecule has 2 aromatic rings. The molecule has 0 aliphatic heterocycles. The Morgan fingerprint density at radius 2 is 1.96 bits per heavy atom. The highest BCUT2D eigenvalue weighted by Gasteiger charge is 2.31. The summed E-state index contributed by atoms with van der Waals surface area (Å²) in [6.07, 6.45) is 2.60. The van der Waals surface area contributed by atoms with Crippen molar-refractivity contribution in [2.75, 3.05) is 7.11 Å². The van der Waals surface area contributed by atoms with Crippen molar-refractivity contribution in [1.29, 1.82) is 0 Å². The van der Waals surface area contributed by atoms with Crippen LogP contribution < -0.4 is 4.74 Å². The van der Waals surface area contributed by atoms with Gasteiger partial charge in [-0.25, -0.2) is 0 Å². The number of hydrogen-bond acceptors (Lipinski definition) is 5. The molecule has 127 valence electrons. The van der Waals surface area contributed by atoms with Crippen molar-refractivity contribution in [2.45, 2.75) is 6.18 Å². The van der Waals surface area contributed by atoms with Gasteiger partial charge < -0.3 is 4.74 Å². The predicted molar refractivity (Wildman–Crippen MR) is 86.1 cm³/mol. The molecule has 0 saturated carbocycles. The molecule has 8 heteroatoms. The molecule has 5 nitrogen and oxygen atoms in total. The normalized spacial score (nSPS) is 11.0. The first-order chi connectivity index (χ1) is 12.0. The first-order valence-corrected chi connectivity index (χ1v) is 6.85. The summed E-state index contributed by atoms with van der Waals surface area (Å²) >= 11 is 0. The van der Waals surface area contributed by atoms with Crippen molar-refractivity contribution in [3.05, 3.63) is 53.9 Å². The van der Waals surface area contributed by atoms with Crippen molar-refractivity contribution < 1.29 is 22.7 Å². The molecule has 0 aliphatic rings. The Labute approximate surface area is 141 Å². The minimum Gasteiger partial charge on any atom is -0.494 e. The number of aromatic nitrogens is 1. The Hall–Kier alpha value is -3.25. The number of methoxy groups -OCH3 is 1. The number of rotatable bonds is 5. The van der Waals surface area contributed by atoms with E-state index in [4.69, 9.17) is 4.74 Å². The van der Waals surface area contributed by atoms with Gasteiger partial charge in [0.15, 0.2) is 0 Å². The number of benzene rings is 1. The Morgan fingerprint density at radius 3 is 2.64 bits per heavy atom. The fourth-order valence-electron chi connectivity index (χ4n) is 1.84. The second-order valence-electron chi connectivity index (χ2n) is 4.59. The van der Waals surface area contributed by atoms with Gasteiger partial charge in [0.05, 0.1) is 18.4 Å². The molecule has 0 spiro atoms. The van der Waals surface area contributed by atoms with E-state index >= 15 is 0 Å². The van der Waals surface area contributed by atoms with Crippen LogP contribution in [0.25, 0.3) is 6.08 Å². The standard InChI is InChI=1S/C17H11F3N3O2/c1-25-16-5-4-13(17(18,19)20)9-15(16)23-11-22-14-6-7-21-10-12(14)3-2-8-24/h2-7,9-10H,1H3/b3-2+. The lowest BCUT2D eigenvalue weighted by atomic mass is 10.2. The fraction of sp³-hybridized carbons (Fsp3) is 0.118. The van der Waals surface area contributed by atoms with Crippen molar-refractivity contribution in [3.63, 3.8) is 0 Å². The number of alkyl halides is 3. The van der Waals surface area contributed by atoms with Gasteiger partial charge in [-0.15, -0.1) is 0 Å². The Kier molecular flexibility index (Phi) is 5.81. The molecule has 0 unspecified atom stereocenters. The molecule has 0 amide bonds. The maximum atomic E-state index is 12.8. The van der Waals surface area contributed by atoms with E-state index < -0.39 is 11.7 Å². The van der Waals surface area contributed by atoms with Gasteiger partial charge in [0.25, 0.3) is 0 Å². The zero-order chi connectivity index (χ0) is 18.3. The summed E-state index contributed by atoms with van der Waals surface area (Å²) in [7, 11) is 1.32. The number of allylic oxidation sites excluding steroid dienone is 1. The Balaban J connectivity index is 2.40. The number of carbonyl (C=O) groups excluding carboxylic acids is 1. The molecule has 0 atom stereocenters. The van der Waals surface area contributed by atoms with Gasteiger partial charge in [0, 0.05) is 18.0 Å². The quantitative estimate of drug-likeness (QED) is 0.596. The lowest BCUT2D eigenvalue weighted by Crippen LogP contribution is -2.04. The number of pyridine rings is 1. The summed E-state index contributed by atoms with van der Waals surface area (Å²) in [5.74, 6) is 0.154. The summed E-state index contributed by atoms with van der Waals surface area (Å²) in [6, 6.07) is 6.78. The summed E-state index contributed by atoms with van der Waals surface area (Å²) in [5.41, 5.74) is -0.0305. The highest BCUT2D eigenvalue weighted by Crippen LogP contribution is 2.36. The van der Waals surface area contributed by atoms with E-state index in [1.54, 1.807) is 6.29 Å². The van der Waals surface area contributed by atoms with Gasteiger partial charge in [-0.2, -0.15) is 23.2 Å². The molecule has 0 aliphatic carbocycles. The van der Waals surface area contributed by atoms with E-state index in [-0.39, 0.29) is 11.4 Å². The molecule has 0 saturated heterocycles. The third kappa shape index (κ3) is 4.86. The summed E-state index contributed by atoms with van der Waals surface area (Å²) in [6.45, 7) is 0. The van der Waals surface area contributed by atoms with E-state index in [1.807, 2.05) is 0 Å². The van der Waals surface area contributed by atoms with E-state index in [0.717, 1.165) is 18.2 Å². The smallest absolute Gasteiger partial charge is 0.416 e. The van der Waals surface area contributed by atoms with Crippen LogP contribution in [0.3, 0.4) is 0 Å². The number of hydrogen-bond donors (Lipinski definition) is 0. The lowest BCUT2D eigenvalue weighted by Gasteiger charge is -2.09. The van der Waals surface area contributed by atoms with Gasteiger partial charge in [-0.3, -0.25) is 9.78 Å². The minimum absolute atomic E-state index is 0.0616. The number of halogens is 3. The van der Waals surface area contributed by atoms with Crippen molar-refractivity contribution >= 4 is 29.7 Å². The lowest BCUT2D eigenvalue weighted by molar-refractivity contribution is -0.137. The second kappa shape index (κ2) is 8.03. The van der Waals surface area contributed by atoms with Crippen LogP contribution in [0.15, 0.2) is 52.7 Å².